The number of nitrogens with one attached hydrogen (secondary N) is 1. The predicted octanol–water partition coefficient (Wildman–Crippen LogP) is 7.74. The lowest BCUT2D eigenvalue weighted by molar-refractivity contribution is -0.144. The lowest BCUT2D eigenvalue weighted by Gasteiger charge is -2.36. The van der Waals surface area contributed by atoms with E-state index in [-0.39, 0.29) is 16.6 Å². The number of aliphatic carboxylic acids is 1. The lowest BCUT2D eigenvalue weighted by Crippen LogP contribution is -2.55. The molecule has 2 N–H and O–H groups in total. The molecule has 14 heteroatoms. The number of halogens is 5. The molecule has 0 spiro atoms. The van der Waals surface area contributed by atoms with Gasteiger partial charge in [-0.1, -0.05) is 66.5 Å². The summed E-state index contributed by atoms with van der Waals surface area (Å²) in [6, 6.07) is 18.4. The summed E-state index contributed by atoms with van der Waals surface area (Å²) in [5.74, 6) is -0.461. The second kappa shape index (κ2) is 13.0. The molecule has 3 aromatic carbocycles. The van der Waals surface area contributed by atoms with Crippen molar-refractivity contribution >= 4 is 39.2 Å². The zero-order chi connectivity index (χ0) is 32.5. The number of H-pyrrole nitrogens is 1. The van der Waals surface area contributed by atoms with Gasteiger partial charge in [0.25, 0.3) is 0 Å². The maximum Gasteiger partial charge on any atom is 0.511 e. The second-order valence-electron chi connectivity index (χ2n) is 10.6. The van der Waals surface area contributed by atoms with E-state index in [2.05, 4.69) is 16.9 Å². The van der Waals surface area contributed by atoms with Gasteiger partial charge in [-0.05, 0) is 59.9 Å². The summed E-state index contributed by atoms with van der Waals surface area (Å²) in [7, 11) is -5.78. The van der Waals surface area contributed by atoms with Gasteiger partial charge in [-0.25, -0.2) is 13.4 Å². The molecule has 4 aromatic rings. The van der Waals surface area contributed by atoms with Gasteiger partial charge in [0.2, 0.25) is 0 Å². The monoisotopic (exact) mass is 681 g/mol. The van der Waals surface area contributed by atoms with E-state index in [9.17, 15) is 31.5 Å². The van der Waals surface area contributed by atoms with Gasteiger partial charge in [0.05, 0.1) is 16.9 Å². The van der Waals surface area contributed by atoms with Gasteiger partial charge >= 0.3 is 21.5 Å². The van der Waals surface area contributed by atoms with Gasteiger partial charge in [0, 0.05) is 29.5 Å². The Morgan fingerprint density at radius 1 is 1.09 bits per heavy atom. The maximum absolute atomic E-state index is 13.1. The Hall–Kier alpha value is -3.58. The highest BCUT2D eigenvalue weighted by atomic mass is 35.5. The highest BCUT2D eigenvalue weighted by Gasteiger charge is 2.54. The molecule has 0 aliphatic carbocycles. The summed E-state index contributed by atoms with van der Waals surface area (Å²) in [5.41, 5.74) is -1.11. The van der Waals surface area contributed by atoms with Gasteiger partial charge < -0.3 is 14.8 Å². The molecule has 0 saturated carbocycles. The molecule has 1 aliphatic heterocycles. The molecule has 5 rings (SSSR count). The number of carbonyl (C=O) groups is 1. The number of sulfonamides is 1. The number of carboxylic acids is 1. The molecule has 1 aliphatic rings. The van der Waals surface area contributed by atoms with Crippen LogP contribution in [0.4, 0.5) is 13.2 Å². The zero-order valence-corrected chi connectivity index (χ0v) is 26.1. The first-order chi connectivity index (χ1) is 21.3. The van der Waals surface area contributed by atoms with E-state index in [1.165, 1.54) is 0 Å². The molecule has 1 aromatic heterocycles. The topological polar surface area (TPSA) is 113 Å². The molecular formula is C31H28Cl2F3N3O5S. The number of carboxylic acid groups (broad SMARTS) is 1. The van der Waals surface area contributed by atoms with E-state index >= 15 is 0 Å². The van der Waals surface area contributed by atoms with E-state index in [1.807, 2.05) is 42.5 Å². The number of hydrogen-bond donors (Lipinski definition) is 2. The van der Waals surface area contributed by atoms with E-state index in [0.29, 0.717) is 15.8 Å². The fourth-order valence-electron chi connectivity index (χ4n) is 5.43. The first-order valence-corrected chi connectivity index (χ1v) is 16.2. The summed E-state index contributed by atoms with van der Waals surface area (Å²) < 4.78 is 68.7. The minimum atomic E-state index is -5.78. The standard InChI is InChI=1S/C31H28Cl2F3N3O5S/c1-2-24(29-37-17-27(38-29)25-12-9-21(32)15-26(25)33)20-5-3-18(4-6-20)19-7-10-22(11-8-19)44-23-13-14-39(28(16-23)30(40)41)45(42,43)31(34,35)36/h3-12,15,17,23-24,28H,2,13-14,16H2,1H3,(H,37,38)(H,40,41)/t23-,24?,28-/m0/s1. The lowest BCUT2D eigenvalue weighted by atomic mass is 9.93. The molecule has 238 valence electrons. The first kappa shape index (κ1) is 32.8. The molecule has 1 unspecified atom stereocenters. The summed E-state index contributed by atoms with van der Waals surface area (Å²) in [6.07, 6.45) is 1.26. The van der Waals surface area contributed by atoms with Crippen molar-refractivity contribution in [2.75, 3.05) is 6.54 Å². The van der Waals surface area contributed by atoms with Crippen LogP contribution in [-0.4, -0.2) is 58.0 Å². The largest absolute Gasteiger partial charge is 0.511 e. The van der Waals surface area contributed by atoms with Crippen LogP contribution in [0.5, 0.6) is 5.75 Å². The first-order valence-electron chi connectivity index (χ1n) is 14.0. The number of aromatic nitrogens is 2. The Kier molecular flexibility index (Phi) is 9.50. The Labute approximate surface area is 267 Å². The molecule has 1 saturated heterocycles. The summed E-state index contributed by atoms with van der Waals surface area (Å²) in [5, 5.41) is 10.5. The number of alkyl halides is 3. The van der Waals surface area contributed by atoms with Gasteiger partial charge in [-0.15, -0.1) is 0 Å². The number of aromatic amines is 1. The maximum atomic E-state index is 13.1. The van der Waals surface area contributed by atoms with E-state index in [4.69, 9.17) is 27.9 Å². The third kappa shape index (κ3) is 6.99. The molecule has 45 heavy (non-hydrogen) atoms. The zero-order valence-electron chi connectivity index (χ0n) is 23.8. The fraction of sp³-hybridized carbons (Fsp3) is 0.290. The van der Waals surface area contributed by atoms with Crippen molar-refractivity contribution in [3.63, 3.8) is 0 Å². The van der Waals surface area contributed by atoms with Crippen LogP contribution in [0.15, 0.2) is 72.9 Å². The van der Waals surface area contributed by atoms with Crippen LogP contribution >= 0.6 is 23.2 Å². The van der Waals surface area contributed by atoms with Crippen molar-refractivity contribution in [3.8, 4) is 28.1 Å². The quantitative estimate of drug-likeness (QED) is 0.187. The molecule has 1 fully saturated rings. The predicted molar refractivity (Wildman–Crippen MR) is 165 cm³/mol. The van der Waals surface area contributed by atoms with Crippen molar-refractivity contribution in [3.05, 3.63) is 94.4 Å². The number of nitrogens with zero attached hydrogens (tertiary/aromatic N) is 2. The van der Waals surface area contributed by atoms with E-state index in [1.54, 1.807) is 30.5 Å². The van der Waals surface area contributed by atoms with Gasteiger partial charge in [0.15, 0.2) is 0 Å². The SMILES string of the molecule is CCC(c1ccc(-c2ccc(O[C@H]3CCN(S(=O)(=O)C(F)(F)F)[C@H](C(=O)O)C3)cc2)cc1)c1ncc(-c2ccc(Cl)cc2Cl)[nH]1. The Morgan fingerprint density at radius 2 is 1.73 bits per heavy atom. The summed E-state index contributed by atoms with van der Waals surface area (Å²) in [4.78, 5) is 19.6. The Morgan fingerprint density at radius 3 is 2.31 bits per heavy atom. The van der Waals surface area contributed by atoms with Crippen LogP contribution in [0, 0.1) is 0 Å². The molecular weight excluding hydrogens is 654 g/mol. The highest BCUT2D eigenvalue weighted by molar-refractivity contribution is 7.90. The van der Waals surface area contributed by atoms with E-state index < -0.39 is 46.6 Å². The van der Waals surface area contributed by atoms with Crippen molar-refractivity contribution in [1.29, 1.82) is 0 Å². The number of imidazole rings is 1. The number of rotatable bonds is 9. The molecule has 0 amide bonds. The van der Waals surface area contributed by atoms with Crippen LogP contribution < -0.4 is 4.74 Å². The van der Waals surface area contributed by atoms with Crippen LogP contribution in [0.25, 0.3) is 22.4 Å². The van der Waals surface area contributed by atoms with Gasteiger partial charge in [-0.2, -0.15) is 17.5 Å². The number of benzene rings is 3. The molecule has 2 heterocycles. The van der Waals surface area contributed by atoms with Crippen molar-refractivity contribution in [2.24, 2.45) is 0 Å². The minimum Gasteiger partial charge on any atom is -0.490 e. The second-order valence-corrected chi connectivity index (χ2v) is 13.3. The van der Waals surface area contributed by atoms with Crippen LogP contribution in [0.3, 0.4) is 0 Å². The number of hydrogen-bond acceptors (Lipinski definition) is 5. The van der Waals surface area contributed by atoms with Crippen molar-refractivity contribution in [1.82, 2.24) is 14.3 Å². The minimum absolute atomic E-state index is 0.00882. The van der Waals surface area contributed by atoms with Crippen LogP contribution in [0.1, 0.15) is 43.5 Å². The van der Waals surface area contributed by atoms with Crippen molar-refractivity contribution < 1.29 is 36.2 Å². The summed E-state index contributed by atoms with van der Waals surface area (Å²) >= 11 is 12.4. The van der Waals surface area contributed by atoms with Crippen LogP contribution in [-0.2, 0) is 14.8 Å². The normalized spacial score (nSPS) is 18.4. The summed E-state index contributed by atoms with van der Waals surface area (Å²) in [6.45, 7) is 1.45. The molecule has 0 radical (unpaired) electrons. The molecule has 0 bridgehead atoms. The molecule has 8 nitrogen and oxygen atoms in total. The smallest absolute Gasteiger partial charge is 0.490 e. The average Bonchev–Trinajstić information content (AvgIpc) is 3.47. The average molecular weight is 683 g/mol. The number of piperidine rings is 1. The fourth-order valence-corrected chi connectivity index (χ4v) is 7.07. The van der Waals surface area contributed by atoms with E-state index in [0.717, 1.165) is 40.2 Å². The highest BCUT2D eigenvalue weighted by Crippen LogP contribution is 2.35. The van der Waals surface area contributed by atoms with Crippen LogP contribution in [0.2, 0.25) is 10.0 Å². The third-order valence-corrected chi connectivity index (χ3v) is 9.94. The molecule has 3 atom stereocenters. The van der Waals surface area contributed by atoms with Gasteiger partial charge in [-0.3, -0.25) is 4.79 Å². The Balaban J connectivity index is 1.25. The number of ether oxygens (including phenoxy) is 1. The third-order valence-electron chi connectivity index (χ3n) is 7.75. The van der Waals surface area contributed by atoms with Crippen molar-refractivity contribution in [2.45, 2.75) is 49.8 Å². The van der Waals surface area contributed by atoms with Gasteiger partial charge in [0.1, 0.15) is 23.7 Å². The Bertz CT molecular complexity index is 1780.